The highest BCUT2D eigenvalue weighted by molar-refractivity contribution is 5.78. The van der Waals surface area contributed by atoms with E-state index in [0.717, 1.165) is 50.6 Å². The molecule has 132 valence electrons. The topological polar surface area (TPSA) is 50.8 Å². The molecule has 2 aliphatic heterocycles. The van der Waals surface area contributed by atoms with E-state index in [1.807, 2.05) is 18.2 Å². The minimum absolute atomic E-state index is 0.0521. The van der Waals surface area contributed by atoms with Crippen LogP contribution in [0.4, 0.5) is 5.69 Å². The monoisotopic (exact) mass is 332 g/mol. The van der Waals surface area contributed by atoms with Crippen molar-refractivity contribution in [1.29, 1.82) is 0 Å². The molecule has 1 aromatic carbocycles. The van der Waals surface area contributed by atoms with Gasteiger partial charge in [-0.25, -0.2) is 0 Å². The standard InChI is InChI=1S/C19H28N2O3/c1-15-5-4-10-21(13-15)17-6-2-3-7-18(17)24-14-19(22)20-16-8-11-23-12-9-16/h2-3,6-7,15-16H,4-5,8-14H2,1H3,(H,20,22). The predicted molar refractivity (Wildman–Crippen MR) is 94.5 cm³/mol. The fourth-order valence-corrected chi connectivity index (χ4v) is 3.50. The molecular weight excluding hydrogens is 304 g/mol. The van der Waals surface area contributed by atoms with Gasteiger partial charge in [0.1, 0.15) is 5.75 Å². The molecule has 2 fully saturated rings. The maximum atomic E-state index is 12.1. The minimum atomic E-state index is -0.0521. The number of ether oxygens (including phenoxy) is 2. The number of hydrogen-bond acceptors (Lipinski definition) is 4. The average molecular weight is 332 g/mol. The van der Waals surface area contributed by atoms with Crippen molar-refractivity contribution in [2.45, 2.75) is 38.6 Å². The number of carbonyl (C=O) groups is 1. The van der Waals surface area contributed by atoms with Gasteiger partial charge in [-0.2, -0.15) is 0 Å². The first-order chi connectivity index (χ1) is 11.7. The van der Waals surface area contributed by atoms with Crippen LogP contribution in [0.15, 0.2) is 24.3 Å². The molecule has 0 bridgehead atoms. The van der Waals surface area contributed by atoms with E-state index in [1.165, 1.54) is 12.8 Å². The van der Waals surface area contributed by atoms with Gasteiger partial charge in [0.05, 0.1) is 5.69 Å². The van der Waals surface area contributed by atoms with E-state index in [2.05, 4.69) is 23.2 Å². The highest BCUT2D eigenvalue weighted by atomic mass is 16.5. The summed E-state index contributed by atoms with van der Waals surface area (Å²) in [6.45, 7) is 5.91. The van der Waals surface area contributed by atoms with Crippen LogP contribution in [0.5, 0.6) is 5.75 Å². The Morgan fingerprint density at radius 1 is 1.29 bits per heavy atom. The van der Waals surface area contributed by atoms with Crippen LogP contribution in [0, 0.1) is 5.92 Å². The summed E-state index contributed by atoms with van der Waals surface area (Å²) in [6.07, 6.45) is 4.26. The van der Waals surface area contributed by atoms with Gasteiger partial charge in [0.25, 0.3) is 5.91 Å². The maximum Gasteiger partial charge on any atom is 0.258 e. The highest BCUT2D eigenvalue weighted by Crippen LogP contribution is 2.31. The Bertz CT molecular complexity index is 543. The summed E-state index contributed by atoms with van der Waals surface area (Å²) >= 11 is 0. The Kier molecular flexibility index (Phi) is 5.96. The summed E-state index contributed by atoms with van der Waals surface area (Å²) in [4.78, 5) is 14.5. The summed E-state index contributed by atoms with van der Waals surface area (Å²) in [6, 6.07) is 8.25. The summed E-state index contributed by atoms with van der Waals surface area (Å²) in [5.41, 5.74) is 1.10. The SMILES string of the molecule is CC1CCCN(c2ccccc2OCC(=O)NC2CCOCC2)C1. The van der Waals surface area contributed by atoms with Crippen LogP contribution in [0.3, 0.4) is 0 Å². The molecule has 5 heteroatoms. The molecule has 2 aliphatic rings. The zero-order chi connectivity index (χ0) is 16.8. The summed E-state index contributed by atoms with van der Waals surface area (Å²) < 4.78 is 11.2. The van der Waals surface area contributed by atoms with Gasteiger partial charge in [0.2, 0.25) is 0 Å². The second-order valence-electron chi connectivity index (χ2n) is 6.90. The number of nitrogens with one attached hydrogen (secondary N) is 1. The van der Waals surface area contributed by atoms with Gasteiger partial charge in [-0.15, -0.1) is 0 Å². The second-order valence-corrected chi connectivity index (χ2v) is 6.90. The molecule has 0 spiro atoms. The molecular formula is C19H28N2O3. The van der Waals surface area contributed by atoms with Gasteiger partial charge in [0, 0.05) is 32.3 Å². The molecule has 3 rings (SSSR count). The Balaban J connectivity index is 1.55. The van der Waals surface area contributed by atoms with Gasteiger partial charge in [-0.05, 0) is 43.7 Å². The van der Waals surface area contributed by atoms with Crippen LogP contribution in [-0.2, 0) is 9.53 Å². The first kappa shape index (κ1) is 17.1. The van der Waals surface area contributed by atoms with Crippen molar-refractivity contribution in [3.63, 3.8) is 0 Å². The van der Waals surface area contributed by atoms with Crippen molar-refractivity contribution in [1.82, 2.24) is 5.32 Å². The highest BCUT2D eigenvalue weighted by Gasteiger charge is 2.20. The van der Waals surface area contributed by atoms with Gasteiger partial charge >= 0.3 is 0 Å². The van der Waals surface area contributed by atoms with E-state index in [1.54, 1.807) is 0 Å². The van der Waals surface area contributed by atoms with E-state index >= 15 is 0 Å². The van der Waals surface area contributed by atoms with Crippen molar-refractivity contribution >= 4 is 11.6 Å². The number of nitrogens with zero attached hydrogens (tertiary/aromatic N) is 1. The van der Waals surface area contributed by atoms with E-state index in [0.29, 0.717) is 5.92 Å². The Labute approximate surface area is 144 Å². The van der Waals surface area contributed by atoms with Crippen molar-refractivity contribution in [2.75, 3.05) is 37.8 Å². The van der Waals surface area contributed by atoms with Crippen LogP contribution in [0.1, 0.15) is 32.6 Å². The largest absolute Gasteiger partial charge is 0.482 e. The molecule has 2 saturated heterocycles. The maximum absolute atomic E-state index is 12.1. The molecule has 0 saturated carbocycles. The second kappa shape index (κ2) is 8.38. The van der Waals surface area contributed by atoms with Gasteiger partial charge in [-0.1, -0.05) is 19.1 Å². The lowest BCUT2D eigenvalue weighted by Gasteiger charge is -2.33. The molecule has 5 nitrogen and oxygen atoms in total. The summed E-state index contributed by atoms with van der Waals surface area (Å²) in [7, 11) is 0. The molecule has 1 atom stereocenters. The first-order valence-corrected chi connectivity index (χ1v) is 9.06. The van der Waals surface area contributed by atoms with Crippen molar-refractivity contribution < 1.29 is 14.3 Å². The lowest BCUT2D eigenvalue weighted by Crippen LogP contribution is -2.41. The molecule has 2 heterocycles. The molecule has 1 aromatic rings. The third-order valence-corrected chi connectivity index (χ3v) is 4.81. The van der Waals surface area contributed by atoms with Crippen molar-refractivity contribution in [2.24, 2.45) is 5.92 Å². The minimum Gasteiger partial charge on any atom is -0.482 e. The Hall–Kier alpha value is -1.75. The van der Waals surface area contributed by atoms with E-state index in [4.69, 9.17) is 9.47 Å². The quantitative estimate of drug-likeness (QED) is 0.900. The molecule has 1 N–H and O–H groups in total. The van der Waals surface area contributed by atoms with Crippen LogP contribution >= 0.6 is 0 Å². The molecule has 0 aliphatic carbocycles. The number of para-hydroxylation sites is 2. The van der Waals surface area contributed by atoms with Crippen LogP contribution in [-0.4, -0.2) is 44.9 Å². The molecule has 0 aromatic heterocycles. The molecule has 1 amide bonds. The molecule has 0 radical (unpaired) electrons. The lowest BCUT2D eigenvalue weighted by atomic mass is 9.99. The number of hydrogen-bond donors (Lipinski definition) is 1. The average Bonchev–Trinajstić information content (AvgIpc) is 2.61. The van der Waals surface area contributed by atoms with Crippen molar-refractivity contribution in [3.8, 4) is 5.75 Å². The number of carbonyl (C=O) groups excluding carboxylic acids is 1. The fourth-order valence-electron chi connectivity index (χ4n) is 3.50. The first-order valence-electron chi connectivity index (χ1n) is 9.06. The number of anilines is 1. The lowest BCUT2D eigenvalue weighted by molar-refractivity contribution is -0.124. The van der Waals surface area contributed by atoms with Crippen molar-refractivity contribution in [3.05, 3.63) is 24.3 Å². The zero-order valence-electron chi connectivity index (χ0n) is 14.5. The molecule has 24 heavy (non-hydrogen) atoms. The van der Waals surface area contributed by atoms with Gasteiger partial charge in [-0.3, -0.25) is 4.79 Å². The van der Waals surface area contributed by atoms with Crippen LogP contribution < -0.4 is 15.0 Å². The number of amides is 1. The smallest absolute Gasteiger partial charge is 0.258 e. The number of benzene rings is 1. The predicted octanol–water partition coefficient (Wildman–Crippen LogP) is 2.60. The van der Waals surface area contributed by atoms with E-state index in [9.17, 15) is 4.79 Å². The fraction of sp³-hybridized carbons (Fsp3) is 0.632. The normalized spacial score (nSPS) is 22.2. The van der Waals surface area contributed by atoms with E-state index in [-0.39, 0.29) is 18.6 Å². The third kappa shape index (κ3) is 4.63. The Morgan fingerprint density at radius 3 is 2.88 bits per heavy atom. The number of rotatable bonds is 5. The third-order valence-electron chi connectivity index (χ3n) is 4.81. The van der Waals surface area contributed by atoms with Gasteiger partial charge in [0.15, 0.2) is 6.61 Å². The number of piperidine rings is 1. The zero-order valence-corrected chi connectivity index (χ0v) is 14.5. The summed E-state index contributed by atoms with van der Waals surface area (Å²) in [5.74, 6) is 1.45. The van der Waals surface area contributed by atoms with E-state index < -0.39 is 0 Å². The molecule has 1 unspecified atom stereocenters. The summed E-state index contributed by atoms with van der Waals surface area (Å²) in [5, 5.41) is 3.04. The van der Waals surface area contributed by atoms with Gasteiger partial charge < -0.3 is 19.7 Å². The van der Waals surface area contributed by atoms with Crippen LogP contribution in [0.2, 0.25) is 0 Å². The Morgan fingerprint density at radius 2 is 2.08 bits per heavy atom. The van der Waals surface area contributed by atoms with Crippen LogP contribution in [0.25, 0.3) is 0 Å².